The minimum absolute atomic E-state index is 0.0149. The minimum atomic E-state index is -1.12. The van der Waals surface area contributed by atoms with Gasteiger partial charge in [-0.05, 0) is 18.2 Å². The number of hydrogen-bond donors (Lipinski definition) is 3. The first kappa shape index (κ1) is 14.1. The lowest BCUT2D eigenvalue weighted by molar-refractivity contribution is -0.123. The standard InChI is InChI=1S/C12H12ClN3O4/c13-8-2-1-7(11(18)19)5-9(8)15-12(20)16-4-3-14-10(17)6-16/h1-2,5H,3-4,6H2,(H,14,17)(H,15,20)(H,18,19). The van der Waals surface area contributed by atoms with Crippen molar-refractivity contribution in [3.05, 3.63) is 28.8 Å². The van der Waals surface area contributed by atoms with Crippen molar-refractivity contribution in [2.75, 3.05) is 25.0 Å². The van der Waals surface area contributed by atoms with Gasteiger partial charge in [-0.3, -0.25) is 4.79 Å². The Morgan fingerprint density at radius 3 is 2.80 bits per heavy atom. The molecule has 0 spiro atoms. The number of benzene rings is 1. The number of rotatable bonds is 2. The van der Waals surface area contributed by atoms with E-state index >= 15 is 0 Å². The number of carbonyl (C=O) groups excluding carboxylic acids is 2. The van der Waals surface area contributed by atoms with Gasteiger partial charge in [0.05, 0.1) is 16.3 Å². The molecule has 2 rings (SSSR count). The lowest BCUT2D eigenvalue weighted by atomic mass is 10.2. The van der Waals surface area contributed by atoms with Crippen molar-refractivity contribution < 1.29 is 19.5 Å². The molecule has 7 nitrogen and oxygen atoms in total. The Bertz CT molecular complexity index is 576. The summed E-state index contributed by atoms with van der Waals surface area (Å²) in [5.41, 5.74) is 0.212. The first-order chi connectivity index (χ1) is 9.47. The summed E-state index contributed by atoms with van der Waals surface area (Å²) in [6, 6.07) is 3.51. The number of urea groups is 1. The lowest BCUT2D eigenvalue weighted by Gasteiger charge is -2.26. The van der Waals surface area contributed by atoms with Gasteiger partial charge in [-0.1, -0.05) is 11.6 Å². The zero-order chi connectivity index (χ0) is 14.7. The maximum Gasteiger partial charge on any atom is 0.335 e. The minimum Gasteiger partial charge on any atom is -0.478 e. The summed E-state index contributed by atoms with van der Waals surface area (Å²) in [6.45, 7) is 0.727. The summed E-state index contributed by atoms with van der Waals surface area (Å²) in [7, 11) is 0. The van der Waals surface area contributed by atoms with Gasteiger partial charge in [-0.2, -0.15) is 0 Å². The third-order valence-electron chi connectivity index (χ3n) is 2.78. The smallest absolute Gasteiger partial charge is 0.335 e. The van der Waals surface area contributed by atoms with E-state index in [1.165, 1.54) is 23.1 Å². The summed E-state index contributed by atoms with van der Waals surface area (Å²) in [6.07, 6.45) is 0. The van der Waals surface area contributed by atoms with Crippen molar-refractivity contribution >= 4 is 35.2 Å². The first-order valence-electron chi connectivity index (χ1n) is 5.83. The zero-order valence-corrected chi connectivity index (χ0v) is 11.1. The third kappa shape index (κ3) is 3.18. The van der Waals surface area contributed by atoms with Crippen molar-refractivity contribution in [3.8, 4) is 0 Å². The molecule has 1 aliphatic heterocycles. The van der Waals surface area contributed by atoms with Gasteiger partial charge in [0.1, 0.15) is 6.54 Å². The average molecular weight is 298 g/mol. The van der Waals surface area contributed by atoms with Crippen LogP contribution in [0.4, 0.5) is 10.5 Å². The molecule has 3 amide bonds. The van der Waals surface area contributed by atoms with Gasteiger partial charge in [-0.25, -0.2) is 9.59 Å². The van der Waals surface area contributed by atoms with Gasteiger partial charge < -0.3 is 20.6 Å². The number of carbonyl (C=O) groups is 3. The van der Waals surface area contributed by atoms with Gasteiger partial charge in [0, 0.05) is 13.1 Å². The van der Waals surface area contributed by atoms with Crippen molar-refractivity contribution in [1.29, 1.82) is 0 Å². The number of hydrogen-bond acceptors (Lipinski definition) is 3. The maximum absolute atomic E-state index is 12.0. The largest absolute Gasteiger partial charge is 0.478 e. The molecular weight excluding hydrogens is 286 g/mol. The lowest BCUT2D eigenvalue weighted by Crippen LogP contribution is -2.51. The number of nitrogens with one attached hydrogen (secondary N) is 2. The van der Waals surface area contributed by atoms with E-state index < -0.39 is 12.0 Å². The predicted molar refractivity (Wildman–Crippen MR) is 72.0 cm³/mol. The Morgan fingerprint density at radius 2 is 2.15 bits per heavy atom. The number of anilines is 1. The number of nitrogens with zero attached hydrogens (tertiary/aromatic N) is 1. The topological polar surface area (TPSA) is 98.7 Å². The summed E-state index contributed by atoms with van der Waals surface area (Å²) >= 11 is 5.91. The highest BCUT2D eigenvalue weighted by atomic mass is 35.5. The molecular formula is C12H12ClN3O4. The Hall–Kier alpha value is -2.28. The monoisotopic (exact) mass is 297 g/mol. The van der Waals surface area contributed by atoms with Gasteiger partial charge >= 0.3 is 12.0 Å². The summed E-state index contributed by atoms with van der Waals surface area (Å²) < 4.78 is 0. The van der Waals surface area contributed by atoms with E-state index in [1.54, 1.807) is 0 Å². The molecule has 1 heterocycles. The number of carboxylic acids is 1. The van der Waals surface area contributed by atoms with Crippen LogP contribution in [-0.2, 0) is 4.79 Å². The van der Waals surface area contributed by atoms with E-state index in [-0.39, 0.29) is 28.7 Å². The molecule has 1 aliphatic rings. The van der Waals surface area contributed by atoms with Crippen LogP contribution in [0.5, 0.6) is 0 Å². The van der Waals surface area contributed by atoms with E-state index in [0.717, 1.165) is 0 Å². The quantitative estimate of drug-likeness (QED) is 0.758. The normalized spacial score (nSPS) is 14.7. The molecule has 1 aromatic rings. The molecule has 8 heteroatoms. The zero-order valence-electron chi connectivity index (χ0n) is 10.4. The molecule has 0 aliphatic carbocycles. The molecule has 0 unspecified atom stereocenters. The fourth-order valence-electron chi connectivity index (χ4n) is 1.76. The molecule has 20 heavy (non-hydrogen) atoms. The van der Waals surface area contributed by atoms with Crippen molar-refractivity contribution in [2.24, 2.45) is 0 Å². The van der Waals surface area contributed by atoms with E-state index in [9.17, 15) is 14.4 Å². The van der Waals surface area contributed by atoms with Crippen LogP contribution in [0.3, 0.4) is 0 Å². The second-order valence-electron chi connectivity index (χ2n) is 4.20. The SMILES string of the molecule is O=C1CN(C(=O)Nc2cc(C(=O)O)ccc2Cl)CCN1. The van der Waals surface area contributed by atoms with Crippen LogP contribution in [-0.4, -0.2) is 47.5 Å². The number of aromatic carboxylic acids is 1. The highest BCUT2D eigenvalue weighted by Gasteiger charge is 2.21. The van der Waals surface area contributed by atoms with Crippen LogP contribution in [0.15, 0.2) is 18.2 Å². The molecule has 1 fully saturated rings. The molecule has 1 saturated heterocycles. The Balaban J connectivity index is 2.12. The molecule has 3 N–H and O–H groups in total. The first-order valence-corrected chi connectivity index (χ1v) is 6.20. The van der Waals surface area contributed by atoms with E-state index in [1.807, 2.05) is 0 Å². The number of amides is 3. The van der Waals surface area contributed by atoms with Crippen LogP contribution in [0.25, 0.3) is 0 Å². The number of piperazine rings is 1. The Morgan fingerprint density at radius 1 is 1.40 bits per heavy atom. The second kappa shape index (κ2) is 5.79. The fourth-order valence-corrected chi connectivity index (χ4v) is 1.93. The van der Waals surface area contributed by atoms with Crippen LogP contribution in [0, 0.1) is 0 Å². The summed E-state index contributed by atoms with van der Waals surface area (Å²) in [5, 5.41) is 14.2. The van der Waals surface area contributed by atoms with Crippen LogP contribution in [0.2, 0.25) is 5.02 Å². The summed E-state index contributed by atoms with van der Waals surface area (Å²) in [5.74, 6) is -1.36. The second-order valence-corrected chi connectivity index (χ2v) is 4.61. The Kier molecular flexibility index (Phi) is 4.09. The van der Waals surface area contributed by atoms with Gasteiger partial charge in [0.2, 0.25) is 5.91 Å². The number of carboxylic acid groups (broad SMARTS) is 1. The predicted octanol–water partition coefficient (Wildman–Crippen LogP) is 1.00. The van der Waals surface area contributed by atoms with Crippen LogP contribution in [0.1, 0.15) is 10.4 Å². The molecule has 0 atom stereocenters. The van der Waals surface area contributed by atoms with Gasteiger partial charge in [0.25, 0.3) is 0 Å². The molecule has 0 radical (unpaired) electrons. The van der Waals surface area contributed by atoms with E-state index in [0.29, 0.717) is 13.1 Å². The van der Waals surface area contributed by atoms with E-state index in [4.69, 9.17) is 16.7 Å². The molecule has 1 aromatic carbocycles. The van der Waals surface area contributed by atoms with Crippen molar-refractivity contribution in [2.45, 2.75) is 0 Å². The van der Waals surface area contributed by atoms with Crippen molar-refractivity contribution in [3.63, 3.8) is 0 Å². The van der Waals surface area contributed by atoms with Crippen molar-refractivity contribution in [1.82, 2.24) is 10.2 Å². The summed E-state index contributed by atoms with van der Waals surface area (Å²) in [4.78, 5) is 35.4. The van der Waals surface area contributed by atoms with Gasteiger partial charge in [-0.15, -0.1) is 0 Å². The Labute approximate surface area is 119 Å². The molecule has 0 bridgehead atoms. The maximum atomic E-state index is 12.0. The fraction of sp³-hybridized carbons (Fsp3) is 0.250. The van der Waals surface area contributed by atoms with Crippen LogP contribution >= 0.6 is 11.6 Å². The number of halogens is 1. The van der Waals surface area contributed by atoms with Gasteiger partial charge in [0.15, 0.2) is 0 Å². The molecule has 106 valence electrons. The third-order valence-corrected chi connectivity index (χ3v) is 3.11. The highest BCUT2D eigenvalue weighted by molar-refractivity contribution is 6.33. The molecule has 0 aromatic heterocycles. The van der Waals surface area contributed by atoms with E-state index in [2.05, 4.69) is 10.6 Å². The average Bonchev–Trinajstić information content (AvgIpc) is 2.41. The highest BCUT2D eigenvalue weighted by Crippen LogP contribution is 2.23. The molecule has 0 saturated carbocycles. The van der Waals surface area contributed by atoms with Crippen LogP contribution < -0.4 is 10.6 Å².